The Labute approximate surface area is 153 Å². The topological polar surface area (TPSA) is 46.6 Å². The van der Waals surface area contributed by atoms with Gasteiger partial charge in [-0.25, -0.2) is 4.79 Å². The molecule has 134 valence electrons. The van der Waals surface area contributed by atoms with Gasteiger partial charge in [-0.15, -0.1) is 11.8 Å². The van der Waals surface area contributed by atoms with E-state index in [4.69, 9.17) is 4.74 Å². The summed E-state index contributed by atoms with van der Waals surface area (Å²) in [5.41, 5.74) is 1.12. The molecule has 1 saturated carbocycles. The molecule has 0 N–H and O–H groups in total. The highest BCUT2D eigenvalue weighted by Gasteiger charge is 2.57. The van der Waals surface area contributed by atoms with Gasteiger partial charge >= 0.3 is 5.97 Å². The molecule has 3 aliphatic rings. The summed E-state index contributed by atoms with van der Waals surface area (Å²) < 4.78 is 5.66. The van der Waals surface area contributed by atoms with Crippen molar-refractivity contribution in [1.29, 1.82) is 0 Å². The molecule has 0 spiro atoms. The lowest BCUT2D eigenvalue weighted by atomic mass is 9.90. The lowest BCUT2D eigenvalue weighted by Gasteiger charge is -2.33. The SMILES string of the molecule is O=C(OCC1CCCCC1)[C@@H]1CS[C@]2(c3ccccc3)CCC(=O)N12. The molecule has 1 amide bonds. The van der Waals surface area contributed by atoms with Crippen LogP contribution in [0.5, 0.6) is 0 Å². The molecule has 1 aromatic carbocycles. The highest BCUT2D eigenvalue weighted by atomic mass is 32.2. The van der Waals surface area contributed by atoms with Crippen molar-refractivity contribution >= 4 is 23.6 Å². The fraction of sp³-hybridized carbons (Fsp3) is 0.600. The molecule has 4 rings (SSSR count). The number of fused-ring (bicyclic) bond motifs is 1. The van der Waals surface area contributed by atoms with Crippen LogP contribution in [0.2, 0.25) is 0 Å². The number of ether oxygens (including phenoxy) is 1. The highest BCUT2D eigenvalue weighted by molar-refractivity contribution is 8.00. The van der Waals surface area contributed by atoms with Crippen molar-refractivity contribution in [2.45, 2.75) is 55.9 Å². The Morgan fingerprint density at radius 1 is 1.20 bits per heavy atom. The quantitative estimate of drug-likeness (QED) is 0.769. The van der Waals surface area contributed by atoms with Crippen molar-refractivity contribution < 1.29 is 14.3 Å². The molecule has 5 heteroatoms. The summed E-state index contributed by atoms with van der Waals surface area (Å²) in [6.45, 7) is 0.514. The maximum Gasteiger partial charge on any atom is 0.329 e. The third kappa shape index (κ3) is 3.07. The second-order valence-electron chi connectivity index (χ2n) is 7.38. The maximum absolute atomic E-state index is 12.7. The molecule has 1 aromatic rings. The average molecular weight is 359 g/mol. The van der Waals surface area contributed by atoms with Gasteiger partial charge in [0.2, 0.25) is 5.91 Å². The van der Waals surface area contributed by atoms with Crippen LogP contribution in [0.3, 0.4) is 0 Å². The van der Waals surface area contributed by atoms with E-state index in [9.17, 15) is 9.59 Å². The Morgan fingerprint density at radius 3 is 2.72 bits per heavy atom. The Morgan fingerprint density at radius 2 is 1.96 bits per heavy atom. The normalized spacial score (nSPS) is 29.7. The van der Waals surface area contributed by atoms with Crippen molar-refractivity contribution in [2.24, 2.45) is 5.92 Å². The molecule has 0 bridgehead atoms. The first-order valence-corrected chi connectivity index (χ1v) is 10.4. The number of hydrogen-bond acceptors (Lipinski definition) is 4. The van der Waals surface area contributed by atoms with Gasteiger partial charge in [-0.3, -0.25) is 4.79 Å². The molecule has 25 heavy (non-hydrogen) atoms. The minimum atomic E-state index is -0.441. The maximum atomic E-state index is 12.7. The zero-order valence-corrected chi connectivity index (χ0v) is 15.3. The fourth-order valence-corrected chi connectivity index (χ4v) is 6.10. The number of carbonyl (C=O) groups is 2. The molecule has 3 fully saturated rings. The van der Waals surface area contributed by atoms with Crippen molar-refractivity contribution in [3.63, 3.8) is 0 Å². The number of thioether (sulfide) groups is 1. The van der Waals surface area contributed by atoms with Gasteiger partial charge in [0, 0.05) is 12.2 Å². The minimum absolute atomic E-state index is 0.0773. The highest BCUT2D eigenvalue weighted by Crippen LogP contribution is 2.54. The van der Waals surface area contributed by atoms with Crippen molar-refractivity contribution in [3.05, 3.63) is 35.9 Å². The van der Waals surface area contributed by atoms with Crippen LogP contribution in [0.1, 0.15) is 50.5 Å². The zero-order chi connectivity index (χ0) is 17.3. The molecular formula is C20H25NO3S. The van der Waals surface area contributed by atoms with Gasteiger partial charge < -0.3 is 9.64 Å². The lowest BCUT2D eigenvalue weighted by Crippen LogP contribution is -2.47. The number of hydrogen-bond donors (Lipinski definition) is 0. The van der Waals surface area contributed by atoms with Crippen LogP contribution in [0.4, 0.5) is 0 Å². The van der Waals surface area contributed by atoms with Crippen LogP contribution in [0.25, 0.3) is 0 Å². The van der Waals surface area contributed by atoms with Crippen LogP contribution in [0.15, 0.2) is 30.3 Å². The summed E-state index contributed by atoms with van der Waals surface area (Å²) in [6.07, 6.45) is 7.37. The van der Waals surface area contributed by atoms with E-state index in [1.165, 1.54) is 19.3 Å². The summed E-state index contributed by atoms with van der Waals surface area (Å²) in [7, 11) is 0. The van der Waals surface area contributed by atoms with E-state index >= 15 is 0 Å². The van der Waals surface area contributed by atoms with E-state index < -0.39 is 6.04 Å². The van der Waals surface area contributed by atoms with Crippen LogP contribution in [-0.2, 0) is 19.2 Å². The van der Waals surface area contributed by atoms with Crippen LogP contribution in [0, 0.1) is 5.92 Å². The van der Waals surface area contributed by atoms with Crippen molar-refractivity contribution in [3.8, 4) is 0 Å². The van der Waals surface area contributed by atoms with E-state index in [1.54, 1.807) is 11.8 Å². The number of carbonyl (C=O) groups excluding carboxylic acids is 2. The standard InChI is InChI=1S/C20H25NO3S/c22-18-11-12-20(16-9-5-2-6-10-16)21(18)17(14-25-20)19(23)24-13-15-7-3-1-4-8-15/h2,5-6,9-10,15,17H,1,3-4,7-8,11-14H2/t17-,20-/m0/s1. The van der Waals surface area contributed by atoms with E-state index in [-0.39, 0.29) is 16.7 Å². The number of benzene rings is 1. The molecule has 2 heterocycles. The molecule has 0 unspecified atom stereocenters. The third-order valence-corrected chi connectivity index (χ3v) is 7.41. The Kier molecular flexibility index (Phi) is 4.76. The smallest absolute Gasteiger partial charge is 0.329 e. The summed E-state index contributed by atoms with van der Waals surface area (Å²) in [5, 5.41) is 0. The number of rotatable bonds is 4. The molecule has 1 aliphatic carbocycles. The first kappa shape index (κ1) is 17.0. The van der Waals surface area contributed by atoms with Gasteiger partial charge in [-0.2, -0.15) is 0 Å². The lowest BCUT2D eigenvalue weighted by molar-refractivity contribution is -0.155. The first-order valence-electron chi connectivity index (χ1n) is 9.39. The predicted molar refractivity (Wildman–Crippen MR) is 98.0 cm³/mol. The van der Waals surface area contributed by atoms with Gasteiger partial charge in [0.15, 0.2) is 0 Å². The zero-order valence-electron chi connectivity index (χ0n) is 14.5. The molecule has 0 aromatic heterocycles. The Hall–Kier alpha value is -1.49. The summed E-state index contributed by atoms with van der Waals surface area (Å²) in [5.74, 6) is 0.990. The molecule has 2 saturated heterocycles. The number of nitrogens with zero attached hydrogens (tertiary/aromatic N) is 1. The van der Waals surface area contributed by atoms with Crippen molar-refractivity contribution in [1.82, 2.24) is 4.90 Å². The van der Waals surface area contributed by atoms with E-state index in [0.717, 1.165) is 24.8 Å². The summed E-state index contributed by atoms with van der Waals surface area (Å²) in [6, 6.07) is 9.67. The molecular weight excluding hydrogens is 334 g/mol. The Balaban J connectivity index is 1.48. The number of esters is 1. The van der Waals surface area contributed by atoms with Crippen molar-refractivity contribution in [2.75, 3.05) is 12.4 Å². The van der Waals surface area contributed by atoms with Gasteiger partial charge in [-0.05, 0) is 30.7 Å². The van der Waals surface area contributed by atoms with Crippen LogP contribution < -0.4 is 0 Å². The van der Waals surface area contributed by atoms with E-state index in [1.807, 2.05) is 23.1 Å². The second kappa shape index (κ2) is 7.02. The number of amides is 1. The second-order valence-corrected chi connectivity index (χ2v) is 8.67. The fourth-order valence-electron chi connectivity index (χ4n) is 4.47. The van der Waals surface area contributed by atoms with Crippen LogP contribution >= 0.6 is 11.8 Å². The van der Waals surface area contributed by atoms with Gasteiger partial charge in [0.25, 0.3) is 0 Å². The average Bonchev–Trinajstić information content (AvgIpc) is 3.21. The predicted octanol–water partition coefficient (Wildman–Crippen LogP) is 3.70. The van der Waals surface area contributed by atoms with Gasteiger partial charge in [0.1, 0.15) is 10.9 Å². The van der Waals surface area contributed by atoms with Gasteiger partial charge in [0.05, 0.1) is 6.61 Å². The first-order chi connectivity index (χ1) is 12.2. The van der Waals surface area contributed by atoms with E-state index in [0.29, 0.717) is 24.7 Å². The van der Waals surface area contributed by atoms with E-state index in [2.05, 4.69) is 12.1 Å². The Bertz CT molecular complexity index is 644. The summed E-state index contributed by atoms with van der Waals surface area (Å²) >= 11 is 1.72. The molecule has 0 radical (unpaired) electrons. The summed E-state index contributed by atoms with van der Waals surface area (Å²) in [4.78, 5) is 26.7. The third-order valence-electron chi connectivity index (χ3n) is 5.81. The minimum Gasteiger partial charge on any atom is -0.464 e. The van der Waals surface area contributed by atoms with Gasteiger partial charge in [-0.1, -0.05) is 49.6 Å². The van der Waals surface area contributed by atoms with Crippen LogP contribution in [-0.4, -0.2) is 35.2 Å². The molecule has 2 atom stereocenters. The monoisotopic (exact) mass is 359 g/mol. The molecule has 2 aliphatic heterocycles. The molecule has 4 nitrogen and oxygen atoms in total. The largest absolute Gasteiger partial charge is 0.464 e.